The van der Waals surface area contributed by atoms with Gasteiger partial charge >= 0.3 is 5.97 Å². The van der Waals surface area contributed by atoms with Crippen LogP contribution in [0.2, 0.25) is 0 Å². The molecule has 1 atom stereocenters. The minimum atomic E-state index is -0.393. The van der Waals surface area contributed by atoms with Gasteiger partial charge in [-0.3, -0.25) is 4.79 Å². The Labute approximate surface area is 123 Å². The van der Waals surface area contributed by atoms with E-state index in [0.717, 1.165) is 11.3 Å². The summed E-state index contributed by atoms with van der Waals surface area (Å²) in [6.07, 6.45) is 5.33. The molecule has 3 rings (SSSR count). The predicted molar refractivity (Wildman–Crippen MR) is 78.5 cm³/mol. The van der Waals surface area contributed by atoms with Crippen molar-refractivity contribution in [3.63, 3.8) is 0 Å². The number of fused-ring (bicyclic) bond motifs is 1. The highest BCUT2D eigenvalue weighted by molar-refractivity contribution is 6.04. The van der Waals surface area contributed by atoms with Gasteiger partial charge in [-0.1, -0.05) is 18.2 Å². The third kappa shape index (κ3) is 2.11. The SMILES string of the molecule is COC(=O)C1=CC=CN(C2C(=O)N(C)c3ccccc32)C1. The first kappa shape index (κ1) is 13.4. The highest BCUT2D eigenvalue weighted by Crippen LogP contribution is 2.39. The molecule has 0 aromatic heterocycles. The van der Waals surface area contributed by atoms with Gasteiger partial charge in [0.15, 0.2) is 0 Å². The number of nitrogens with zero attached hydrogens (tertiary/aromatic N) is 2. The third-order valence-electron chi connectivity index (χ3n) is 3.86. The van der Waals surface area contributed by atoms with E-state index in [1.165, 1.54) is 7.11 Å². The second-order valence-electron chi connectivity index (χ2n) is 5.06. The normalized spacial score (nSPS) is 20.4. The first-order valence-corrected chi connectivity index (χ1v) is 6.71. The number of ether oxygens (including phenoxy) is 1. The van der Waals surface area contributed by atoms with E-state index in [0.29, 0.717) is 12.1 Å². The van der Waals surface area contributed by atoms with Crippen molar-refractivity contribution in [2.75, 3.05) is 25.6 Å². The van der Waals surface area contributed by atoms with Crippen LogP contribution in [0.5, 0.6) is 0 Å². The van der Waals surface area contributed by atoms with Gasteiger partial charge in [0.25, 0.3) is 5.91 Å². The summed E-state index contributed by atoms with van der Waals surface area (Å²) in [5, 5.41) is 0. The van der Waals surface area contributed by atoms with E-state index in [-0.39, 0.29) is 11.9 Å². The average Bonchev–Trinajstić information content (AvgIpc) is 2.78. The zero-order chi connectivity index (χ0) is 15.0. The lowest BCUT2D eigenvalue weighted by atomic mass is 10.0. The smallest absolute Gasteiger partial charge is 0.335 e. The molecule has 5 heteroatoms. The molecule has 1 amide bonds. The number of benzene rings is 1. The van der Waals surface area contributed by atoms with Crippen LogP contribution in [0.25, 0.3) is 0 Å². The predicted octanol–water partition coefficient (Wildman–Crippen LogP) is 1.63. The van der Waals surface area contributed by atoms with Crippen LogP contribution in [-0.4, -0.2) is 37.5 Å². The van der Waals surface area contributed by atoms with Gasteiger partial charge in [0.05, 0.1) is 19.2 Å². The number of allylic oxidation sites excluding steroid dienone is 2. The van der Waals surface area contributed by atoms with Crippen molar-refractivity contribution in [1.29, 1.82) is 0 Å². The van der Waals surface area contributed by atoms with Gasteiger partial charge < -0.3 is 14.5 Å². The van der Waals surface area contributed by atoms with Crippen LogP contribution in [0.15, 0.2) is 48.2 Å². The summed E-state index contributed by atoms with van der Waals surface area (Å²) in [6, 6.07) is 7.32. The number of hydrogen-bond donors (Lipinski definition) is 0. The van der Waals surface area contributed by atoms with Crippen LogP contribution in [0, 0.1) is 0 Å². The van der Waals surface area contributed by atoms with Crippen molar-refractivity contribution in [1.82, 2.24) is 4.90 Å². The Balaban J connectivity index is 1.92. The fourth-order valence-corrected chi connectivity index (χ4v) is 2.79. The molecule has 0 saturated carbocycles. The number of hydrogen-bond acceptors (Lipinski definition) is 4. The Kier molecular flexibility index (Phi) is 3.25. The topological polar surface area (TPSA) is 49.9 Å². The molecule has 1 aromatic carbocycles. The molecule has 2 heterocycles. The molecule has 1 aromatic rings. The molecule has 0 fully saturated rings. The third-order valence-corrected chi connectivity index (χ3v) is 3.86. The van der Waals surface area contributed by atoms with Crippen LogP contribution in [0.1, 0.15) is 11.6 Å². The fourth-order valence-electron chi connectivity index (χ4n) is 2.79. The minimum absolute atomic E-state index is 0.00645. The summed E-state index contributed by atoms with van der Waals surface area (Å²) >= 11 is 0. The maximum Gasteiger partial charge on any atom is 0.335 e. The van der Waals surface area contributed by atoms with E-state index in [9.17, 15) is 9.59 Å². The van der Waals surface area contributed by atoms with Gasteiger partial charge in [-0.25, -0.2) is 4.79 Å². The number of rotatable bonds is 2. The molecule has 0 saturated heterocycles. The van der Waals surface area contributed by atoms with Gasteiger partial charge in [-0.15, -0.1) is 0 Å². The quantitative estimate of drug-likeness (QED) is 0.775. The van der Waals surface area contributed by atoms with Crippen molar-refractivity contribution in [3.05, 3.63) is 53.8 Å². The van der Waals surface area contributed by atoms with Gasteiger partial charge in [-0.05, 0) is 18.2 Å². The van der Waals surface area contributed by atoms with Crippen LogP contribution >= 0.6 is 0 Å². The Morgan fingerprint density at radius 1 is 1.33 bits per heavy atom. The van der Waals surface area contributed by atoms with Crippen LogP contribution < -0.4 is 4.90 Å². The number of esters is 1. The number of amides is 1. The molecule has 0 radical (unpaired) electrons. The number of carbonyl (C=O) groups is 2. The molecular formula is C16H16N2O3. The highest BCUT2D eigenvalue weighted by atomic mass is 16.5. The monoisotopic (exact) mass is 284 g/mol. The maximum atomic E-state index is 12.5. The van der Waals surface area contributed by atoms with Gasteiger partial charge in [-0.2, -0.15) is 0 Å². The lowest BCUT2D eigenvalue weighted by molar-refractivity contribution is -0.136. The van der Waals surface area contributed by atoms with Crippen molar-refractivity contribution in [2.45, 2.75) is 6.04 Å². The summed E-state index contributed by atoms with van der Waals surface area (Å²) in [5.74, 6) is -0.358. The van der Waals surface area contributed by atoms with Gasteiger partial charge in [0.1, 0.15) is 6.04 Å². The van der Waals surface area contributed by atoms with Crippen molar-refractivity contribution >= 4 is 17.6 Å². The van der Waals surface area contributed by atoms with Crippen molar-refractivity contribution in [3.8, 4) is 0 Å². The Morgan fingerprint density at radius 2 is 2.10 bits per heavy atom. The molecule has 5 nitrogen and oxygen atoms in total. The second kappa shape index (κ2) is 5.09. The summed E-state index contributed by atoms with van der Waals surface area (Å²) in [6.45, 7) is 0.363. The van der Waals surface area contributed by atoms with E-state index in [1.54, 1.807) is 24.1 Å². The second-order valence-corrected chi connectivity index (χ2v) is 5.06. The summed E-state index contributed by atoms with van der Waals surface area (Å²) in [4.78, 5) is 27.7. The van der Waals surface area contributed by atoms with Gasteiger partial charge in [0.2, 0.25) is 0 Å². The molecular weight excluding hydrogens is 268 g/mol. The Bertz CT molecular complexity index is 663. The molecule has 108 valence electrons. The van der Waals surface area contributed by atoms with Gasteiger partial charge in [0, 0.05) is 24.5 Å². The lowest BCUT2D eigenvalue weighted by Gasteiger charge is -2.29. The first-order valence-electron chi connectivity index (χ1n) is 6.71. The van der Waals surface area contributed by atoms with E-state index in [4.69, 9.17) is 4.74 Å². The molecule has 0 bridgehead atoms. The van der Waals surface area contributed by atoms with Crippen LogP contribution in [-0.2, 0) is 14.3 Å². The number of anilines is 1. The zero-order valence-electron chi connectivity index (χ0n) is 11.9. The summed E-state index contributed by atoms with van der Waals surface area (Å²) < 4.78 is 4.75. The first-order chi connectivity index (χ1) is 10.1. The Morgan fingerprint density at radius 3 is 2.86 bits per heavy atom. The molecule has 2 aliphatic rings. The molecule has 1 unspecified atom stereocenters. The van der Waals surface area contributed by atoms with Crippen molar-refractivity contribution in [2.24, 2.45) is 0 Å². The van der Waals surface area contributed by atoms with Crippen molar-refractivity contribution < 1.29 is 14.3 Å². The fraction of sp³-hybridized carbons (Fsp3) is 0.250. The van der Waals surface area contributed by atoms with E-state index >= 15 is 0 Å². The van der Waals surface area contributed by atoms with Crippen LogP contribution in [0.3, 0.4) is 0 Å². The Hall–Kier alpha value is -2.56. The average molecular weight is 284 g/mol. The molecule has 0 N–H and O–H groups in total. The maximum absolute atomic E-state index is 12.5. The lowest BCUT2D eigenvalue weighted by Crippen LogP contribution is -2.36. The largest absolute Gasteiger partial charge is 0.466 e. The zero-order valence-corrected chi connectivity index (χ0v) is 11.9. The molecule has 21 heavy (non-hydrogen) atoms. The molecule has 2 aliphatic heterocycles. The van der Waals surface area contributed by atoms with E-state index in [2.05, 4.69) is 0 Å². The number of para-hydroxylation sites is 1. The summed E-state index contributed by atoms with van der Waals surface area (Å²) in [7, 11) is 3.13. The summed E-state index contributed by atoms with van der Waals surface area (Å²) in [5.41, 5.74) is 2.41. The molecule has 0 aliphatic carbocycles. The van der Waals surface area contributed by atoms with Crippen LogP contribution in [0.4, 0.5) is 5.69 Å². The number of likely N-dealkylation sites (N-methyl/N-ethyl adjacent to an activating group) is 1. The van der Waals surface area contributed by atoms with E-state index in [1.807, 2.05) is 35.4 Å². The van der Waals surface area contributed by atoms with E-state index < -0.39 is 6.04 Å². The number of methoxy groups -OCH3 is 1. The minimum Gasteiger partial charge on any atom is -0.466 e. The highest BCUT2D eigenvalue weighted by Gasteiger charge is 2.38. The standard InChI is InChI=1S/C16H16N2O3/c1-17-13-8-4-3-7-12(13)14(15(17)19)18-9-5-6-11(10-18)16(20)21-2/h3-9,14H,10H2,1-2H3. The molecule has 0 spiro atoms. The number of carbonyl (C=O) groups excluding carboxylic acids is 2.